The molecule has 0 spiro atoms. The lowest BCUT2D eigenvalue weighted by atomic mass is 10.1. The Hall–Kier alpha value is -3.22. The van der Waals surface area contributed by atoms with E-state index in [4.69, 9.17) is 11.5 Å². The van der Waals surface area contributed by atoms with Gasteiger partial charge in [0.15, 0.2) is 0 Å². The molecular weight excluding hydrogens is 278 g/mol. The summed E-state index contributed by atoms with van der Waals surface area (Å²) in [6, 6.07) is 9.54. The number of nitrogens with zero attached hydrogens (tertiary/aromatic N) is 4. The minimum absolute atomic E-state index is 0.230. The molecule has 1 aromatic carbocycles. The third kappa shape index (κ3) is 2.93. The quantitative estimate of drug-likeness (QED) is 0.677. The van der Waals surface area contributed by atoms with Crippen LogP contribution in [-0.4, -0.2) is 19.9 Å². The second kappa shape index (κ2) is 5.65. The van der Waals surface area contributed by atoms with E-state index in [0.717, 1.165) is 22.5 Å². The third-order valence-corrected chi connectivity index (χ3v) is 3.10. The molecule has 22 heavy (non-hydrogen) atoms. The van der Waals surface area contributed by atoms with Gasteiger partial charge in [-0.3, -0.25) is 0 Å². The number of benzene rings is 1. The lowest BCUT2D eigenvalue weighted by Crippen LogP contribution is -1.99. The Bertz CT molecular complexity index is 799. The van der Waals surface area contributed by atoms with Gasteiger partial charge in [-0.25, -0.2) is 15.0 Å². The van der Waals surface area contributed by atoms with Gasteiger partial charge >= 0.3 is 0 Å². The van der Waals surface area contributed by atoms with Crippen molar-refractivity contribution in [2.75, 3.05) is 16.8 Å². The third-order valence-electron chi connectivity index (χ3n) is 3.10. The van der Waals surface area contributed by atoms with Crippen LogP contribution in [-0.2, 0) is 0 Å². The molecule has 7 nitrogen and oxygen atoms in total. The van der Waals surface area contributed by atoms with E-state index in [2.05, 4.69) is 25.3 Å². The number of aromatic nitrogens is 4. The van der Waals surface area contributed by atoms with Crippen LogP contribution in [0.15, 0.2) is 42.7 Å². The number of nitrogen functional groups attached to an aromatic ring is 2. The van der Waals surface area contributed by atoms with E-state index in [1.165, 1.54) is 0 Å². The lowest BCUT2D eigenvalue weighted by Gasteiger charge is -2.08. The Kier molecular flexibility index (Phi) is 3.53. The first-order valence-electron chi connectivity index (χ1n) is 6.67. The molecule has 0 saturated carbocycles. The first-order chi connectivity index (χ1) is 10.6. The summed E-state index contributed by atoms with van der Waals surface area (Å²) in [5.41, 5.74) is 14.9. The summed E-state index contributed by atoms with van der Waals surface area (Å²) in [5, 5.41) is 3.16. The van der Waals surface area contributed by atoms with Gasteiger partial charge in [0.1, 0.15) is 5.82 Å². The molecule has 0 unspecified atom stereocenters. The molecule has 7 heteroatoms. The summed E-state index contributed by atoms with van der Waals surface area (Å²) in [7, 11) is 0. The predicted octanol–water partition coefficient (Wildman–Crippen LogP) is 2.15. The molecule has 0 fully saturated rings. The van der Waals surface area contributed by atoms with Crippen LogP contribution >= 0.6 is 0 Å². The van der Waals surface area contributed by atoms with Crippen LogP contribution in [0.5, 0.6) is 0 Å². The minimum Gasteiger partial charge on any atom is -0.368 e. The monoisotopic (exact) mass is 293 g/mol. The van der Waals surface area contributed by atoms with Crippen molar-refractivity contribution in [3.63, 3.8) is 0 Å². The van der Waals surface area contributed by atoms with Crippen molar-refractivity contribution in [3.05, 3.63) is 48.3 Å². The first-order valence-corrected chi connectivity index (χ1v) is 6.67. The van der Waals surface area contributed by atoms with Crippen LogP contribution in [0.25, 0.3) is 11.3 Å². The van der Waals surface area contributed by atoms with Crippen LogP contribution in [0.2, 0.25) is 0 Å². The zero-order valence-electron chi connectivity index (χ0n) is 12.0. The molecule has 0 amide bonds. The molecule has 5 N–H and O–H groups in total. The molecular formula is C15H15N7. The van der Waals surface area contributed by atoms with E-state index in [1.807, 2.05) is 31.2 Å². The van der Waals surface area contributed by atoms with Crippen LogP contribution < -0.4 is 16.8 Å². The normalized spacial score (nSPS) is 10.4. The van der Waals surface area contributed by atoms with Crippen LogP contribution in [0.3, 0.4) is 0 Å². The predicted molar refractivity (Wildman–Crippen MR) is 86.3 cm³/mol. The van der Waals surface area contributed by atoms with Gasteiger partial charge in [-0.05, 0) is 30.7 Å². The van der Waals surface area contributed by atoms with E-state index < -0.39 is 0 Å². The van der Waals surface area contributed by atoms with Gasteiger partial charge in [0.05, 0.1) is 5.69 Å². The van der Waals surface area contributed by atoms with Crippen molar-refractivity contribution in [2.45, 2.75) is 6.92 Å². The van der Waals surface area contributed by atoms with Crippen molar-refractivity contribution in [1.29, 1.82) is 0 Å². The van der Waals surface area contributed by atoms with E-state index in [9.17, 15) is 0 Å². The van der Waals surface area contributed by atoms with Gasteiger partial charge < -0.3 is 16.8 Å². The number of hydrogen-bond acceptors (Lipinski definition) is 7. The maximum absolute atomic E-state index is 5.65. The summed E-state index contributed by atoms with van der Waals surface area (Å²) in [6.07, 6.45) is 3.32. The summed E-state index contributed by atoms with van der Waals surface area (Å²) in [4.78, 5) is 16.2. The Morgan fingerprint density at radius 1 is 0.909 bits per heavy atom. The fourth-order valence-electron chi connectivity index (χ4n) is 2.05. The van der Waals surface area contributed by atoms with E-state index in [-0.39, 0.29) is 11.9 Å². The van der Waals surface area contributed by atoms with E-state index >= 15 is 0 Å². The van der Waals surface area contributed by atoms with Gasteiger partial charge in [0.2, 0.25) is 11.9 Å². The molecule has 0 aliphatic carbocycles. The topological polar surface area (TPSA) is 116 Å². The Morgan fingerprint density at radius 2 is 1.64 bits per heavy atom. The van der Waals surface area contributed by atoms with Crippen LogP contribution in [0, 0.1) is 6.92 Å². The number of aryl methyl sites for hydroxylation is 1. The van der Waals surface area contributed by atoms with Gasteiger partial charge in [-0.15, -0.1) is 0 Å². The SMILES string of the molecule is Cc1cnc(N)nc1-c1ccc(Nc2ccnc(N)n2)cc1. The maximum atomic E-state index is 5.65. The van der Waals surface area contributed by atoms with Gasteiger partial charge in [-0.1, -0.05) is 12.1 Å². The number of hydrogen-bond donors (Lipinski definition) is 3. The molecule has 0 radical (unpaired) electrons. The second-order valence-corrected chi connectivity index (χ2v) is 4.76. The zero-order valence-corrected chi connectivity index (χ0v) is 12.0. The first kappa shape index (κ1) is 13.7. The average Bonchev–Trinajstić information content (AvgIpc) is 2.51. The molecule has 2 aromatic heterocycles. The van der Waals surface area contributed by atoms with Crippen molar-refractivity contribution in [2.24, 2.45) is 0 Å². The van der Waals surface area contributed by atoms with Crippen molar-refractivity contribution < 1.29 is 0 Å². The highest BCUT2D eigenvalue weighted by atomic mass is 15.1. The Labute approximate surface area is 127 Å². The van der Waals surface area contributed by atoms with Crippen molar-refractivity contribution in [3.8, 4) is 11.3 Å². The van der Waals surface area contributed by atoms with Crippen LogP contribution in [0.4, 0.5) is 23.4 Å². The molecule has 110 valence electrons. The highest BCUT2D eigenvalue weighted by molar-refractivity contribution is 5.67. The molecule has 0 saturated heterocycles. The van der Waals surface area contributed by atoms with Gasteiger partial charge in [0, 0.05) is 23.6 Å². The number of rotatable bonds is 3. The van der Waals surface area contributed by atoms with Crippen molar-refractivity contribution in [1.82, 2.24) is 19.9 Å². The summed E-state index contributed by atoms with van der Waals surface area (Å²) < 4.78 is 0. The van der Waals surface area contributed by atoms with Gasteiger partial charge in [-0.2, -0.15) is 4.98 Å². The maximum Gasteiger partial charge on any atom is 0.221 e. The van der Waals surface area contributed by atoms with E-state index in [0.29, 0.717) is 5.82 Å². The Morgan fingerprint density at radius 3 is 2.36 bits per heavy atom. The summed E-state index contributed by atoms with van der Waals surface area (Å²) >= 11 is 0. The molecule has 3 aromatic rings. The minimum atomic E-state index is 0.230. The number of anilines is 4. The molecule has 3 rings (SSSR count). The second-order valence-electron chi connectivity index (χ2n) is 4.76. The highest BCUT2D eigenvalue weighted by Crippen LogP contribution is 2.24. The van der Waals surface area contributed by atoms with Gasteiger partial charge in [0.25, 0.3) is 0 Å². The average molecular weight is 293 g/mol. The summed E-state index contributed by atoms with van der Waals surface area (Å²) in [5.74, 6) is 1.13. The zero-order chi connectivity index (χ0) is 15.5. The number of nitrogens with two attached hydrogens (primary N) is 2. The molecule has 0 bridgehead atoms. The number of nitrogens with one attached hydrogen (secondary N) is 1. The largest absolute Gasteiger partial charge is 0.368 e. The molecule has 0 aliphatic heterocycles. The molecule has 0 aliphatic rings. The molecule has 0 atom stereocenters. The Balaban J connectivity index is 1.85. The highest BCUT2D eigenvalue weighted by Gasteiger charge is 2.05. The fraction of sp³-hybridized carbons (Fsp3) is 0.0667. The standard InChI is InChI=1S/C15H15N7/c1-9-8-19-15(17)22-13(9)10-2-4-11(5-3-10)20-12-6-7-18-14(16)21-12/h2-8H,1H3,(H2,17,19,22)(H3,16,18,20,21). The molecule has 2 heterocycles. The van der Waals surface area contributed by atoms with E-state index in [1.54, 1.807) is 18.5 Å². The lowest BCUT2D eigenvalue weighted by molar-refractivity contribution is 1.15. The smallest absolute Gasteiger partial charge is 0.221 e. The van der Waals surface area contributed by atoms with Crippen molar-refractivity contribution >= 4 is 23.4 Å². The fourth-order valence-corrected chi connectivity index (χ4v) is 2.05. The van der Waals surface area contributed by atoms with Crippen LogP contribution in [0.1, 0.15) is 5.56 Å². The summed E-state index contributed by atoms with van der Waals surface area (Å²) in [6.45, 7) is 1.95.